The third-order valence-corrected chi connectivity index (χ3v) is 5.08. The normalized spacial score (nSPS) is 32.2. The molecule has 3 aliphatic rings. The van der Waals surface area contributed by atoms with Crippen molar-refractivity contribution < 1.29 is 0 Å². The van der Waals surface area contributed by atoms with E-state index in [2.05, 4.69) is 40.8 Å². The monoisotopic (exact) mass is 247 g/mol. The van der Waals surface area contributed by atoms with E-state index in [4.69, 9.17) is 0 Å². The quantitative estimate of drug-likeness (QED) is 0.735. The molecule has 1 aromatic rings. The fraction of sp³-hybridized carbons (Fsp3) is 0.600. The van der Waals surface area contributed by atoms with Crippen molar-refractivity contribution in [2.45, 2.75) is 32.2 Å². The molecule has 0 radical (unpaired) electrons. The molecule has 0 spiro atoms. The van der Waals surface area contributed by atoms with E-state index in [1.165, 1.54) is 37.9 Å². The van der Waals surface area contributed by atoms with Gasteiger partial charge in [-0.15, -0.1) is 0 Å². The molecule has 17 heavy (non-hydrogen) atoms. The van der Waals surface area contributed by atoms with Crippen molar-refractivity contribution >= 4 is 11.3 Å². The van der Waals surface area contributed by atoms with Gasteiger partial charge in [0.15, 0.2) is 0 Å². The summed E-state index contributed by atoms with van der Waals surface area (Å²) >= 11 is 1.81. The van der Waals surface area contributed by atoms with E-state index in [1.54, 1.807) is 0 Å². The summed E-state index contributed by atoms with van der Waals surface area (Å²) in [7, 11) is 0. The van der Waals surface area contributed by atoms with E-state index in [9.17, 15) is 0 Å². The van der Waals surface area contributed by atoms with E-state index in [1.807, 2.05) is 11.3 Å². The molecule has 1 saturated heterocycles. The topological polar surface area (TPSA) is 3.24 Å². The van der Waals surface area contributed by atoms with Gasteiger partial charge in [0.2, 0.25) is 0 Å². The molecule has 3 heterocycles. The third-order valence-electron chi connectivity index (χ3n) is 4.35. The second kappa shape index (κ2) is 4.95. The van der Waals surface area contributed by atoms with Crippen LogP contribution in [-0.2, 0) is 6.42 Å². The molecule has 3 atom stereocenters. The summed E-state index contributed by atoms with van der Waals surface area (Å²) in [5.41, 5.74) is 1.51. The van der Waals surface area contributed by atoms with Gasteiger partial charge in [-0.3, -0.25) is 4.90 Å². The molecule has 92 valence electrons. The molecule has 0 saturated carbocycles. The largest absolute Gasteiger partial charge is 0.296 e. The Balaban J connectivity index is 1.62. The van der Waals surface area contributed by atoms with Gasteiger partial charge in [-0.1, -0.05) is 25.5 Å². The molecular formula is C15H21NS. The molecule has 0 N–H and O–H groups in total. The molecule has 1 aliphatic carbocycles. The van der Waals surface area contributed by atoms with Crippen molar-refractivity contribution in [3.63, 3.8) is 0 Å². The van der Waals surface area contributed by atoms with E-state index < -0.39 is 0 Å². The van der Waals surface area contributed by atoms with Crippen LogP contribution in [-0.4, -0.2) is 24.0 Å². The van der Waals surface area contributed by atoms with Gasteiger partial charge in [-0.25, -0.2) is 0 Å². The lowest BCUT2D eigenvalue weighted by atomic mass is 9.76. The van der Waals surface area contributed by atoms with Crippen molar-refractivity contribution in [3.05, 3.63) is 34.5 Å². The van der Waals surface area contributed by atoms with Crippen LogP contribution in [0.3, 0.4) is 0 Å². The molecule has 3 unspecified atom stereocenters. The lowest BCUT2D eigenvalue weighted by Gasteiger charge is -2.46. The first-order chi connectivity index (χ1) is 8.36. The first kappa shape index (κ1) is 11.5. The number of hydrogen-bond donors (Lipinski definition) is 0. The molecule has 1 aromatic heterocycles. The van der Waals surface area contributed by atoms with Gasteiger partial charge >= 0.3 is 0 Å². The predicted molar refractivity (Wildman–Crippen MR) is 74.4 cm³/mol. The molecule has 2 bridgehead atoms. The summed E-state index contributed by atoms with van der Waals surface area (Å²) in [4.78, 5) is 2.71. The zero-order valence-corrected chi connectivity index (χ0v) is 11.3. The average Bonchev–Trinajstić information content (AvgIpc) is 2.90. The Morgan fingerprint density at radius 1 is 1.41 bits per heavy atom. The van der Waals surface area contributed by atoms with Gasteiger partial charge in [0.05, 0.1) is 0 Å². The van der Waals surface area contributed by atoms with Crippen LogP contribution in [0.25, 0.3) is 0 Å². The summed E-state index contributed by atoms with van der Waals surface area (Å²) in [5.74, 6) is 1.73. The minimum absolute atomic E-state index is 0.726. The van der Waals surface area contributed by atoms with Crippen LogP contribution in [0.5, 0.6) is 0 Å². The minimum Gasteiger partial charge on any atom is -0.296 e. The third kappa shape index (κ3) is 2.34. The number of piperidine rings is 1. The maximum atomic E-state index is 2.71. The van der Waals surface area contributed by atoms with Gasteiger partial charge < -0.3 is 0 Å². The Labute approximate surface area is 108 Å². The van der Waals surface area contributed by atoms with Crippen LogP contribution in [0.1, 0.15) is 25.3 Å². The van der Waals surface area contributed by atoms with Crippen LogP contribution in [0.4, 0.5) is 0 Å². The maximum absolute atomic E-state index is 2.71. The van der Waals surface area contributed by atoms with Crippen molar-refractivity contribution in [2.75, 3.05) is 13.1 Å². The highest BCUT2D eigenvalue weighted by Crippen LogP contribution is 2.35. The standard InChI is InChI=1S/C15H21NS/c1-2-14-9-13-3-4-15(14)16(10-13)7-5-12-6-8-17-11-12/h3-4,6,8,11,13-15H,2,5,7,9-10H2,1H3. The highest BCUT2D eigenvalue weighted by Gasteiger charge is 2.35. The van der Waals surface area contributed by atoms with E-state index >= 15 is 0 Å². The van der Waals surface area contributed by atoms with E-state index in [0.717, 1.165) is 17.9 Å². The van der Waals surface area contributed by atoms with E-state index in [0.29, 0.717) is 0 Å². The molecular weight excluding hydrogens is 226 g/mol. The maximum Gasteiger partial charge on any atom is 0.0307 e. The van der Waals surface area contributed by atoms with Crippen molar-refractivity contribution in [1.82, 2.24) is 4.90 Å². The highest BCUT2D eigenvalue weighted by atomic mass is 32.1. The zero-order chi connectivity index (χ0) is 11.7. The highest BCUT2D eigenvalue weighted by molar-refractivity contribution is 7.07. The Kier molecular flexibility index (Phi) is 3.34. The molecule has 2 aliphatic heterocycles. The fourth-order valence-electron chi connectivity index (χ4n) is 3.37. The van der Waals surface area contributed by atoms with E-state index in [-0.39, 0.29) is 0 Å². The van der Waals surface area contributed by atoms with Crippen molar-refractivity contribution in [1.29, 1.82) is 0 Å². The summed E-state index contributed by atoms with van der Waals surface area (Å²) in [5, 5.41) is 4.47. The lowest BCUT2D eigenvalue weighted by Crippen LogP contribution is -2.50. The average molecular weight is 247 g/mol. The second-order valence-corrected chi connectivity index (χ2v) is 6.20. The smallest absolute Gasteiger partial charge is 0.0307 e. The Morgan fingerprint density at radius 3 is 3.06 bits per heavy atom. The predicted octanol–water partition coefficient (Wildman–Crippen LogP) is 3.58. The summed E-state index contributed by atoms with van der Waals surface area (Å²) in [6, 6.07) is 2.99. The SMILES string of the molecule is CCC1CC2C=CC1N(CCc1ccsc1)C2. The summed E-state index contributed by atoms with van der Waals surface area (Å²) in [6.45, 7) is 4.87. The molecule has 0 aromatic carbocycles. The first-order valence-corrected chi connectivity index (χ1v) is 7.74. The van der Waals surface area contributed by atoms with Crippen LogP contribution < -0.4 is 0 Å². The molecule has 0 amide bonds. The van der Waals surface area contributed by atoms with Crippen LogP contribution in [0, 0.1) is 11.8 Å². The molecule has 2 heteroatoms. The zero-order valence-electron chi connectivity index (χ0n) is 10.5. The van der Waals surface area contributed by atoms with Gasteiger partial charge in [0, 0.05) is 19.1 Å². The Bertz CT molecular complexity index is 382. The number of hydrogen-bond acceptors (Lipinski definition) is 2. The number of fused-ring (bicyclic) bond motifs is 2. The second-order valence-electron chi connectivity index (χ2n) is 5.42. The minimum atomic E-state index is 0.726. The van der Waals surface area contributed by atoms with Gasteiger partial charge in [0.1, 0.15) is 0 Å². The molecule has 1 nitrogen and oxygen atoms in total. The van der Waals surface area contributed by atoms with Gasteiger partial charge in [0.25, 0.3) is 0 Å². The summed E-state index contributed by atoms with van der Waals surface area (Å²) in [6.07, 6.45) is 8.90. The van der Waals surface area contributed by atoms with Crippen LogP contribution in [0.15, 0.2) is 29.0 Å². The van der Waals surface area contributed by atoms with Crippen molar-refractivity contribution in [2.24, 2.45) is 11.8 Å². The summed E-state index contributed by atoms with van der Waals surface area (Å²) < 4.78 is 0. The fourth-order valence-corrected chi connectivity index (χ4v) is 4.07. The lowest BCUT2D eigenvalue weighted by molar-refractivity contribution is 0.0826. The number of nitrogens with zero attached hydrogens (tertiary/aromatic N) is 1. The Morgan fingerprint density at radius 2 is 2.35 bits per heavy atom. The van der Waals surface area contributed by atoms with Gasteiger partial charge in [-0.2, -0.15) is 11.3 Å². The Hall–Kier alpha value is -0.600. The molecule has 1 fully saturated rings. The number of rotatable bonds is 4. The molecule has 4 rings (SSSR count). The number of thiophene rings is 1. The van der Waals surface area contributed by atoms with Crippen molar-refractivity contribution in [3.8, 4) is 0 Å². The van der Waals surface area contributed by atoms with Gasteiger partial charge in [-0.05, 0) is 47.1 Å². The van der Waals surface area contributed by atoms with Crippen LogP contribution >= 0.6 is 11.3 Å². The van der Waals surface area contributed by atoms with Crippen LogP contribution in [0.2, 0.25) is 0 Å². The first-order valence-electron chi connectivity index (χ1n) is 6.80.